The summed E-state index contributed by atoms with van der Waals surface area (Å²) >= 11 is 0. The van der Waals surface area contributed by atoms with Gasteiger partial charge >= 0.3 is 0 Å². The molecule has 1 N–H and O–H groups in total. The highest BCUT2D eigenvalue weighted by atomic mass is 16.2. The fraction of sp³-hybridized carbons (Fsp3) is 0.421. The molecule has 1 atom stereocenters. The largest absolute Gasteiger partial charge is 0.340 e. The van der Waals surface area contributed by atoms with Crippen molar-refractivity contribution in [2.75, 3.05) is 19.6 Å². The van der Waals surface area contributed by atoms with E-state index in [1.165, 1.54) is 4.52 Å². The number of aldehydes is 1. The smallest absolute Gasteiger partial charge is 0.272 e. The molecule has 0 bridgehead atoms. The number of hydrogen-bond donors (Lipinski definition) is 1. The predicted molar refractivity (Wildman–Crippen MR) is 106 cm³/mol. The van der Waals surface area contributed by atoms with E-state index in [9.17, 15) is 9.59 Å². The average Bonchev–Trinajstić information content (AvgIpc) is 3.17. The van der Waals surface area contributed by atoms with Crippen LogP contribution in [0.2, 0.25) is 0 Å². The fourth-order valence-corrected chi connectivity index (χ4v) is 3.03. The molecule has 0 fully saturated rings. The Hall–Kier alpha value is -3.27. The molecule has 3 aromatic rings. The maximum absolute atomic E-state index is 12.7. The minimum absolute atomic E-state index is 0.152. The molecule has 0 saturated carbocycles. The van der Waals surface area contributed by atoms with Gasteiger partial charge in [-0.25, -0.2) is 9.97 Å². The fourth-order valence-electron chi connectivity index (χ4n) is 3.03. The standard InChI is InChI=1S/C19H24N8O2/c1-3-10-26(11-4-2)12-14(13-28)22-19(29)15-6-7-16-23-24-18(27(16)25-15)17-20-8-5-9-21-17/h5-9,13-14H,3-4,10-12H2,1-2H3,(H,22,29)/t14-/m1/s1. The number of carbonyl (C=O) groups is 2. The summed E-state index contributed by atoms with van der Waals surface area (Å²) in [4.78, 5) is 34.7. The van der Waals surface area contributed by atoms with E-state index in [0.29, 0.717) is 23.8 Å². The average molecular weight is 396 g/mol. The van der Waals surface area contributed by atoms with Crippen molar-refractivity contribution >= 4 is 17.8 Å². The van der Waals surface area contributed by atoms with Gasteiger partial charge in [-0.3, -0.25) is 4.79 Å². The lowest BCUT2D eigenvalue weighted by Crippen LogP contribution is -2.45. The second-order valence-corrected chi connectivity index (χ2v) is 6.60. The molecule has 0 radical (unpaired) electrons. The molecule has 152 valence electrons. The molecule has 10 heteroatoms. The number of carbonyl (C=O) groups excluding carboxylic acids is 2. The van der Waals surface area contributed by atoms with E-state index in [1.54, 1.807) is 30.6 Å². The van der Waals surface area contributed by atoms with Crippen molar-refractivity contribution in [3.05, 3.63) is 36.3 Å². The molecule has 0 unspecified atom stereocenters. The van der Waals surface area contributed by atoms with Crippen LogP contribution >= 0.6 is 0 Å². The van der Waals surface area contributed by atoms with Crippen LogP contribution in [0.25, 0.3) is 17.3 Å². The van der Waals surface area contributed by atoms with Crippen LogP contribution in [0, 0.1) is 0 Å². The molecule has 0 aliphatic heterocycles. The normalized spacial score (nSPS) is 12.2. The van der Waals surface area contributed by atoms with Gasteiger partial charge in [-0.15, -0.1) is 10.2 Å². The summed E-state index contributed by atoms with van der Waals surface area (Å²) < 4.78 is 1.42. The first-order valence-corrected chi connectivity index (χ1v) is 9.64. The first-order valence-electron chi connectivity index (χ1n) is 9.64. The second kappa shape index (κ2) is 9.78. The SMILES string of the molecule is CCCN(CCC)C[C@H](C=O)NC(=O)c1ccc2nnc(-c3ncccn3)n2n1. The number of aromatic nitrogens is 6. The topological polar surface area (TPSA) is 118 Å². The third-order valence-electron chi connectivity index (χ3n) is 4.28. The molecular formula is C19H24N8O2. The molecular weight excluding hydrogens is 372 g/mol. The Bertz CT molecular complexity index is 953. The molecule has 3 rings (SSSR count). The monoisotopic (exact) mass is 396 g/mol. The molecule has 0 spiro atoms. The van der Waals surface area contributed by atoms with Gasteiger partial charge in [0.05, 0.1) is 6.04 Å². The zero-order chi connectivity index (χ0) is 20.6. The number of fused-ring (bicyclic) bond motifs is 1. The molecule has 0 saturated heterocycles. The van der Waals surface area contributed by atoms with Crippen LogP contribution in [0.3, 0.4) is 0 Å². The Labute approximate surface area is 168 Å². The van der Waals surface area contributed by atoms with Gasteiger partial charge in [0, 0.05) is 18.9 Å². The molecule has 0 aliphatic rings. The zero-order valence-electron chi connectivity index (χ0n) is 16.5. The summed E-state index contributed by atoms with van der Waals surface area (Å²) in [5.41, 5.74) is 0.617. The Morgan fingerprint density at radius 1 is 1.17 bits per heavy atom. The summed E-state index contributed by atoms with van der Waals surface area (Å²) in [6.07, 6.45) is 5.90. The third-order valence-corrected chi connectivity index (χ3v) is 4.28. The quantitative estimate of drug-likeness (QED) is 0.504. The summed E-state index contributed by atoms with van der Waals surface area (Å²) in [5.74, 6) is 0.246. The summed E-state index contributed by atoms with van der Waals surface area (Å²) in [7, 11) is 0. The van der Waals surface area contributed by atoms with E-state index in [2.05, 4.69) is 49.3 Å². The van der Waals surface area contributed by atoms with E-state index in [0.717, 1.165) is 32.2 Å². The van der Waals surface area contributed by atoms with Gasteiger partial charge in [0.25, 0.3) is 5.91 Å². The lowest BCUT2D eigenvalue weighted by molar-refractivity contribution is -0.109. The van der Waals surface area contributed by atoms with Gasteiger partial charge in [-0.1, -0.05) is 13.8 Å². The van der Waals surface area contributed by atoms with Gasteiger partial charge < -0.3 is 15.0 Å². The predicted octanol–water partition coefficient (Wildman–Crippen LogP) is 1.00. The number of amides is 1. The lowest BCUT2D eigenvalue weighted by atomic mass is 10.2. The first kappa shape index (κ1) is 20.5. The van der Waals surface area contributed by atoms with Crippen LogP contribution in [0.15, 0.2) is 30.6 Å². The van der Waals surface area contributed by atoms with E-state index < -0.39 is 11.9 Å². The van der Waals surface area contributed by atoms with Crippen LogP contribution in [0.1, 0.15) is 37.2 Å². The van der Waals surface area contributed by atoms with Crippen molar-refractivity contribution in [3.8, 4) is 11.6 Å². The number of rotatable bonds is 10. The third kappa shape index (κ3) is 4.96. The van der Waals surface area contributed by atoms with Crippen molar-refractivity contribution in [3.63, 3.8) is 0 Å². The number of hydrogen-bond acceptors (Lipinski definition) is 8. The highest BCUT2D eigenvalue weighted by Gasteiger charge is 2.19. The van der Waals surface area contributed by atoms with Gasteiger partial charge in [0.15, 0.2) is 11.5 Å². The molecule has 29 heavy (non-hydrogen) atoms. The van der Waals surface area contributed by atoms with Crippen molar-refractivity contribution in [2.45, 2.75) is 32.7 Å². The van der Waals surface area contributed by atoms with E-state index in [4.69, 9.17) is 0 Å². The zero-order valence-corrected chi connectivity index (χ0v) is 16.5. The molecule has 1 amide bonds. The lowest BCUT2D eigenvalue weighted by Gasteiger charge is -2.24. The van der Waals surface area contributed by atoms with E-state index in [1.807, 2.05) is 0 Å². The van der Waals surface area contributed by atoms with Crippen molar-refractivity contribution < 1.29 is 9.59 Å². The van der Waals surface area contributed by atoms with Crippen molar-refractivity contribution in [1.29, 1.82) is 0 Å². The van der Waals surface area contributed by atoms with Crippen LogP contribution in [0.5, 0.6) is 0 Å². The van der Waals surface area contributed by atoms with Crippen LogP contribution in [0.4, 0.5) is 0 Å². The summed E-state index contributed by atoms with van der Waals surface area (Å²) in [6, 6.07) is 4.26. The first-order chi connectivity index (χ1) is 14.2. The minimum Gasteiger partial charge on any atom is -0.340 e. The molecule has 3 heterocycles. The van der Waals surface area contributed by atoms with Gasteiger partial charge in [-0.05, 0) is 44.1 Å². The molecule has 0 aliphatic carbocycles. The highest BCUT2D eigenvalue weighted by molar-refractivity contribution is 5.94. The van der Waals surface area contributed by atoms with Gasteiger partial charge in [-0.2, -0.15) is 9.61 Å². The second-order valence-electron chi connectivity index (χ2n) is 6.60. The van der Waals surface area contributed by atoms with E-state index >= 15 is 0 Å². The highest BCUT2D eigenvalue weighted by Crippen LogP contribution is 2.12. The van der Waals surface area contributed by atoms with Gasteiger partial charge in [0.2, 0.25) is 5.82 Å². The minimum atomic E-state index is -0.615. The Morgan fingerprint density at radius 2 is 1.90 bits per heavy atom. The molecule has 3 aromatic heterocycles. The maximum atomic E-state index is 12.7. The Kier molecular flexibility index (Phi) is 6.90. The van der Waals surface area contributed by atoms with Crippen LogP contribution in [-0.4, -0.2) is 72.5 Å². The van der Waals surface area contributed by atoms with E-state index in [-0.39, 0.29) is 5.69 Å². The summed E-state index contributed by atoms with van der Waals surface area (Å²) in [6.45, 7) is 6.39. The molecule has 0 aromatic carbocycles. The molecule has 10 nitrogen and oxygen atoms in total. The Morgan fingerprint density at radius 3 is 2.55 bits per heavy atom. The summed E-state index contributed by atoms with van der Waals surface area (Å²) in [5, 5.41) is 15.2. The van der Waals surface area contributed by atoms with Gasteiger partial charge in [0.1, 0.15) is 12.0 Å². The number of nitrogens with one attached hydrogen (secondary N) is 1. The maximum Gasteiger partial charge on any atom is 0.272 e. The van der Waals surface area contributed by atoms with Crippen molar-refractivity contribution in [2.24, 2.45) is 0 Å². The Balaban J connectivity index is 1.78. The number of nitrogens with zero attached hydrogens (tertiary/aromatic N) is 7. The van der Waals surface area contributed by atoms with Crippen LogP contribution < -0.4 is 5.32 Å². The van der Waals surface area contributed by atoms with Crippen molar-refractivity contribution in [1.82, 2.24) is 40.0 Å². The van der Waals surface area contributed by atoms with Crippen LogP contribution in [-0.2, 0) is 4.79 Å².